The summed E-state index contributed by atoms with van der Waals surface area (Å²) >= 11 is 0. The van der Waals surface area contributed by atoms with Gasteiger partial charge in [0, 0.05) is 0 Å². The Hall–Kier alpha value is -1.02. The van der Waals surface area contributed by atoms with Gasteiger partial charge in [-0.25, -0.2) is 5.48 Å². The number of hydrogen-bond donors (Lipinski definition) is 5. The fraction of sp³-hybridized carbons (Fsp3) is 0.600. The molecule has 1 amide bonds. The van der Waals surface area contributed by atoms with Crippen molar-refractivity contribution in [2.45, 2.75) is 12.2 Å². The summed E-state index contributed by atoms with van der Waals surface area (Å²) in [6.07, 6.45) is -3.75. The molecule has 0 aliphatic rings. The minimum Gasteiger partial charge on any atom is -0.394 e. The molecule has 0 aliphatic heterocycles. The van der Waals surface area contributed by atoms with Crippen LogP contribution in [0.1, 0.15) is 0 Å². The van der Waals surface area contributed by atoms with Gasteiger partial charge in [-0.3, -0.25) is 14.8 Å². The monoisotopic (exact) mass is 179 g/mol. The number of nitrogens with one attached hydrogen (secondary N) is 1. The molecule has 0 rings (SSSR count). The summed E-state index contributed by atoms with van der Waals surface area (Å²) in [6.45, 7) is -0.856. The van der Waals surface area contributed by atoms with Gasteiger partial charge in [-0.15, -0.1) is 0 Å². The standard InChI is InChI=1S/C5H9NO6/c7-1-2(8)3(9)4(10)5(11)6-12/h2-3,7-9,12H,1H2,(H,6,11)/t2-,3+/m1/s1. The van der Waals surface area contributed by atoms with Crippen molar-refractivity contribution in [2.75, 3.05) is 6.61 Å². The van der Waals surface area contributed by atoms with Gasteiger partial charge in [0.1, 0.15) is 6.10 Å². The van der Waals surface area contributed by atoms with E-state index in [9.17, 15) is 9.59 Å². The molecular formula is C5H9NO6. The topological polar surface area (TPSA) is 127 Å². The Kier molecular flexibility index (Phi) is 4.37. The van der Waals surface area contributed by atoms with Crippen LogP contribution in [0.3, 0.4) is 0 Å². The lowest BCUT2D eigenvalue weighted by Gasteiger charge is -2.12. The van der Waals surface area contributed by atoms with Crippen molar-refractivity contribution < 1.29 is 30.1 Å². The number of ketones is 1. The average molecular weight is 179 g/mol. The fourth-order valence-corrected chi connectivity index (χ4v) is 0.464. The van der Waals surface area contributed by atoms with E-state index in [0.29, 0.717) is 0 Å². The van der Waals surface area contributed by atoms with Crippen LogP contribution in [0.2, 0.25) is 0 Å². The van der Waals surface area contributed by atoms with Gasteiger partial charge in [0.2, 0.25) is 0 Å². The Labute approximate surface area is 67.2 Å². The van der Waals surface area contributed by atoms with Crippen molar-refractivity contribution in [2.24, 2.45) is 0 Å². The predicted octanol–water partition coefficient (Wildman–Crippen LogP) is -3.23. The molecule has 5 N–H and O–H groups in total. The third-order valence-corrected chi connectivity index (χ3v) is 1.15. The molecule has 0 unspecified atom stereocenters. The number of hydroxylamine groups is 1. The summed E-state index contributed by atoms with van der Waals surface area (Å²) < 4.78 is 0. The lowest BCUT2D eigenvalue weighted by atomic mass is 10.1. The van der Waals surface area contributed by atoms with E-state index in [1.165, 1.54) is 0 Å². The Bertz CT molecular complexity index is 181. The molecule has 0 radical (unpaired) electrons. The Morgan fingerprint density at radius 1 is 1.33 bits per heavy atom. The molecule has 7 heteroatoms. The van der Waals surface area contributed by atoms with E-state index in [1.54, 1.807) is 0 Å². The first-order chi connectivity index (χ1) is 5.54. The van der Waals surface area contributed by atoms with Gasteiger partial charge in [-0.2, -0.15) is 0 Å². The van der Waals surface area contributed by atoms with Gasteiger partial charge in [0.05, 0.1) is 6.61 Å². The van der Waals surface area contributed by atoms with Gasteiger partial charge < -0.3 is 15.3 Å². The number of carbonyl (C=O) groups excluding carboxylic acids is 2. The van der Waals surface area contributed by atoms with Gasteiger partial charge in [0.15, 0.2) is 6.10 Å². The summed E-state index contributed by atoms with van der Waals surface area (Å²) in [7, 11) is 0. The van der Waals surface area contributed by atoms with Crippen LogP contribution in [0.25, 0.3) is 0 Å². The van der Waals surface area contributed by atoms with E-state index in [-0.39, 0.29) is 0 Å². The van der Waals surface area contributed by atoms with Gasteiger partial charge in [0.25, 0.3) is 5.78 Å². The van der Waals surface area contributed by atoms with Crippen LogP contribution >= 0.6 is 0 Å². The molecule has 0 saturated heterocycles. The van der Waals surface area contributed by atoms with Crippen molar-refractivity contribution >= 4 is 11.7 Å². The van der Waals surface area contributed by atoms with Crippen LogP contribution in [0.5, 0.6) is 0 Å². The molecule has 0 aliphatic carbocycles. The van der Waals surface area contributed by atoms with Crippen molar-refractivity contribution in [3.05, 3.63) is 0 Å². The summed E-state index contributed by atoms with van der Waals surface area (Å²) in [4.78, 5) is 20.9. The molecule has 0 aromatic carbocycles. The second kappa shape index (κ2) is 4.78. The summed E-state index contributed by atoms with van der Waals surface area (Å²) in [5, 5.41) is 33.6. The molecule has 0 heterocycles. The maximum absolute atomic E-state index is 10.6. The number of amides is 1. The van der Waals surface area contributed by atoms with E-state index >= 15 is 0 Å². The molecule has 0 saturated carbocycles. The highest BCUT2D eigenvalue weighted by Crippen LogP contribution is 1.94. The Balaban J connectivity index is 4.19. The molecule has 7 nitrogen and oxygen atoms in total. The number of Topliss-reactive ketones (excluding diaryl/α,β-unsaturated/α-hetero) is 1. The van der Waals surface area contributed by atoms with Gasteiger partial charge in [-0.05, 0) is 0 Å². The van der Waals surface area contributed by atoms with Crippen LogP contribution in [-0.2, 0) is 9.59 Å². The number of aliphatic hydroxyl groups excluding tert-OH is 3. The van der Waals surface area contributed by atoms with Crippen LogP contribution < -0.4 is 5.48 Å². The fourth-order valence-electron chi connectivity index (χ4n) is 0.464. The number of rotatable bonds is 4. The predicted molar refractivity (Wildman–Crippen MR) is 34.0 cm³/mol. The zero-order valence-electron chi connectivity index (χ0n) is 5.97. The zero-order valence-corrected chi connectivity index (χ0v) is 5.97. The number of hydrogen-bond acceptors (Lipinski definition) is 6. The molecule has 12 heavy (non-hydrogen) atoms. The molecule has 0 bridgehead atoms. The Morgan fingerprint density at radius 2 is 1.83 bits per heavy atom. The van der Waals surface area contributed by atoms with Crippen molar-refractivity contribution in [1.82, 2.24) is 5.48 Å². The zero-order chi connectivity index (χ0) is 9.72. The first-order valence-corrected chi connectivity index (χ1v) is 2.99. The molecule has 2 atom stereocenters. The maximum atomic E-state index is 10.6. The van der Waals surface area contributed by atoms with Gasteiger partial charge >= 0.3 is 5.91 Å². The molecule has 70 valence electrons. The molecule has 0 fully saturated rings. The molecule has 0 aromatic heterocycles. The second-order valence-electron chi connectivity index (χ2n) is 2.00. The number of carbonyl (C=O) groups is 2. The normalized spacial score (nSPS) is 15.0. The van der Waals surface area contributed by atoms with Crippen molar-refractivity contribution in [1.29, 1.82) is 0 Å². The highest BCUT2D eigenvalue weighted by molar-refractivity contribution is 6.37. The quantitative estimate of drug-likeness (QED) is 0.175. The highest BCUT2D eigenvalue weighted by Gasteiger charge is 2.28. The molecule has 0 spiro atoms. The van der Waals surface area contributed by atoms with Crippen LogP contribution in [0.4, 0.5) is 0 Å². The third-order valence-electron chi connectivity index (χ3n) is 1.15. The summed E-state index contributed by atoms with van der Waals surface area (Å²) in [5.41, 5.74) is 0.983. The first-order valence-electron chi connectivity index (χ1n) is 2.99. The van der Waals surface area contributed by atoms with E-state index in [4.69, 9.17) is 20.5 Å². The summed E-state index contributed by atoms with van der Waals surface area (Å²) in [6, 6.07) is 0. The highest BCUT2D eigenvalue weighted by atomic mass is 16.5. The average Bonchev–Trinajstić information content (AvgIpc) is 2.12. The van der Waals surface area contributed by atoms with E-state index in [0.717, 1.165) is 5.48 Å². The van der Waals surface area contributed by atoms with E-state index in [1.807, 2.05) is 0 Å². The van der Waals surface area contributed by atoms with E-state index < -0.39 is 30.5 Å². The van der Waals surface area contributed by atoms with Crippen LogP contribution in [0.15, 0.2) is 0 Å². The minimum absolute atomic E-state index is 0.856. The lowest BCUT2D eigenvalue weighted by Crippen LogP contribution is -2.44. The third kappa shape index (κ3) is 2.55. The number of aliphatic hydroxyl groups is 3. The lowest BCUT2D eigenvalue weighted by molar-refractivity contribution is -0.151. The Morgan fingerprint density at radius 3 is 2.17 bits per heavy atom. The minimum atomic E-state index is -2.03. The van der Waals surface area contributed by atoms with E-state index in [2.05, 4.69) is 0 Å². The summed E-state index contributed by atoms with van der Waals surface area (Å²) in [5.74, 6) is -2.87. The second-order valence-corrected chi connectivity index (χ2v) is 2.00. The smallest absolute Gasteiger partial charge is 0.313 e. The maximum Gasteiger partial charge on any atom is 0.313 e. The first kappa shape index (κ1) is 11.0. The molecule has 0 aromatic rings. The van der Waals surface area contributed by atoms with Crippen LogP contribution in [0, 0.1) is 0 Å². The van der Waals surface area contributed by atoms with Crippen LogP contribution in [-0.4, -0.2) is 51.0 Å². The largest absolute Gasteiger partial charge is 0.394 e. The van der Waals surface area contributed by atoms with Crippen molar-refractivity contribution in [3.63, 3.8) is 0 Å². The van der Waals surface area contributed by atoms with Gasteiger partial charge in [-0.1, -0.05) is 0 Å². The van der Waals surface area contributed by atoms with Crippen molar-refractivity contribution in [3.8, 4) is 0 Å². The molecular weight excluding hydrogens is 170 g/mol. The SMILES string of the molecule is O=C(NO)C(=O)[C@@H](O)[C@H](O)CO.